The fourth-order valence-corrected chi connectivity index (χ4v) is 2.42. The van der Waals surface area contributed by atoms with E-state index in [4.69, 9.17) is 4.74 Å². The van der Waals surface area contributed by atoms with E-state index in [1.54, 1.807) is 6.33 Å². The Bertz CT molecular complexity index is 591. The molecule has 0 spiro atoms. The zero-order valence-electron chi connectivity index (χ0n) is 11.7. The van der Waals surface area contributed by atoms with Gasteiger partial charge in [-0.2, -0.15) is 0 Å². The van der Waals surface area contributed by atoms with Crippen LogP contribution in [-0.2, 0) is 16.1 Å². The number of nitrogens with one attached hydrogen (secondary N) is 1. The molecule has 0 unspecified atom stereocenters. The summed E-state index contributed by atoms with van der Waals surface area (Å²) in [6.45, 7) is 1.93. The monoisotopic (exact) mass is 286 g/mol. The van der Waals surface area contributed by atoms with Crippen LogP contribution in [0.3, 0.4) is 0 Å². The quantitative estimate of drug-likeness (QED) is 0.928. The molecule has 0 saturated carbocycles. The third-order valence-electron chi connectivity index (χ3n) is 3.64. The molecule has 1 aliphatic rings. The smallest absolute Gasteiger partial charge is 0.231 e. The summed E-state index contributed by atoms with van der Waals surface area (Å²) in [6, 6.07) is 10.0. The number of benzene rings is 1. The molecule has 1 fully saturated rings. The van der Waals surface area contributed by atoms with Crippen LogP contribution in [0.4, 0.5) is 5.95 Å². The second-order valence-corrected chi connectivity index (χ2v) is 5.14. The van der Waals surface area contributed by atoms with Gasteiger partial charge in [0.25, 0.3) is 0 Å². The Morgan fingerprint density at radius 2 is 2.05 bits per heavy atom. The number of nitrogens with zero attached hydrogens (tertiary/aromatic N) is 3. The van der Waals surface area contributed by atoms with Gasteiger partial charge < -0.3 is 4.74 Å². The van der Waals surface area contributed by atoms with Crippen LogP contribution in [0, 0.1) is 5.92 Å². The van der Waals surface area contributed by atoms with Crippen molar-refractivity contribution in [1.29, 1.82) is 0 Å². The van der Waals surface area contributed by atoms with Crippen molar-refractivity contribution in [1.82, 2.24) is 14.8 Å². The van der Waals surface area contributed by atoms with E-state index < -0.39 is 0 Å². The Morgan fingerprint density at radius 1 is 1.29 bits per heavy atom. The van der Waals surface area contributed by atoms with Crippen LogP contribution in [0.15, 0.2) is 36.7 Å². The molecule has 6 nitrogen and oxygen atoms in total. The summed E-state index contributed by atoms with van der Waals surface area (Å²) in [7, 11) is 0. The van der Waals surface area contributed by atoms with Crippen molar-refractivity contribution < 1.29 is 9.53 Å². The summed E-state index contributed by atoms with van der Waals surface area (Å²) in [5.74, 6) is 0.497. The van der Waals surface area contributed by atoms with Crippen molar-refractivity contribution in [2.24, 2.45) is 5.92 Å². The normalized spacial score (nSPS) is 15.8. The molecule has 0 atom stereocenters. The fourth-order valence-electron chi connectivity index (χ4n) is 2.42. The van der Waals surface area contributed by atoms with Crippen LogP contribution in [0.2, 0.25) is 0 Å². The molecule has 2 aromatic rings. The highest BCUT2D eigenvalue weighted by Gasteiger charge is 2.22. The number of hydrogen-bond acceptors (Lipinski definition) is 4. The van der Waals surface area contributed by atoms with E-state index in [0.717, 1.165) is 18.4 Å². The summed E-state index contributed by atoms with van der Waals surface area (Å²) in [6.07, 6.45) is 3.16. The van der Waals surface area contributed by atoms with Gasteiger partial charge in [-0.05, 0) is 18.4 Å². The summed E-state index contributed by atoms with van der Waals surface area (Å²) >= 11 is 0. The SMILES string of the molecule is O=C(Nc1nncn1Cc1ccccc1)C1CCOCC1. The number of carbonyl (C=O) groups excluding carboxylic acids is 1. The van der Waals surface area contributed by atoms with E-state index in [-0.39, 0.29) is 11.8 Å². The van der Waals surface area contributed by atoms with Gasteiger partial charge in [-0.3, -0.25) is 14.7 Å². The Hall–Kier alpha value is -2.21. The molecule has 1 aliphatic heterocycles. The highest BCUT2D eigenvalue weighted by molar-refractivity contribution is 5.91. The second kappa shape index (κ2) is 6.49. The van der Waals surface area contributed by atoms with Crippen molar-refractivity contribution in [3.63, 3.8) is 0 Å². The Kier molecular flexibility index (Phi) is 4.25. The first-order valence-electron chi connectivity index (χ1n) is 7.13. The molecule has 1 amide bonds. The Labute approximate surface area is 123 Å². The van der Waals surface area contributed by atoms with Crippen LogP contribution in [0.25, 0.3) is 0 Å². The van der Waals surface area contributed by atoms with Crippen molar-refractivity contribution in [2.75, 3.05) is 18.5 Å². The highest BCUT2D eigenvalue weighted by Crippen LogP contribution is 2.17. The van der Waals surface area contributed by atoms with Crippen LogP contribution >= 0.6 is 0 Å². The number of anilines is 1. The first-order chi connectivity index (χ1) is 10.3. The molecule has 2 heterocycles. The van der Waals surface area contributed by atoms with E-state index in [9.17, 15) is 4.79 Å². The summed E-state index contributed by atoms with van der Waals surface area (Å²) in [5, 5.41) is 10.8. The average Bonchev–Trinajstić information content (AvgIpc) is 2.96. The lowest BCUT2D eigenvalue weighted by Crippen LogP contribution is -2.29. The van der Waals surface area contributed by atoms with Gasteiger partial charge in [0.05, 0.1) is 6.54 Å². The molecular formula is C15H18N4O2. The molecule has 0 radical (unpaired) electrons. The van der Waals surface area contributed by atoms with Gasteiger partial charge in [0, 0.05) is 19.1 Å². The number of rotatable bonds is 4. The largest absolute Gasteiger partial charge is 0.381 e. The lowest BCUT2D eigenvalue weighted by molar-refractivity contribution is -0.122. The zero-order chi connectivity index (χ0) is 14.5. The van der Waals surface area contributed by atoms with Gasteiger partial charge in [-0.1, -0.05) is 30.3 Å². The van der Waals surface area contributed by atoms with Crippen molar-refractivity contribution >= 4 is 11.9 Å². The van der Waals surface area contributed by atoms with E-state index in [0.29, 0.717) is 25.7 Å². The predicted molar refractivity (Wildman–Crippen MR) is 77.7 cm³/mol. The van der Waals surface area contributed by atoms with Crippen LogP contribution < -0.4 is 5.32 Å². The maximum atomic E-state index is 12.2. The van der Waals surface area contributed by atoms with Crippen molar-refractivity contribution in [2.45, 2.75) is 19.4 Å². The summed E-state index contributed by atoms with van der Waals surface area (Å²) in [5.41, 5.74) is 1.14. The average molecular weight is 286 g/mol. The van der Waals surface area contributed by atoms with E-state index in [1.165, 1.54) is 0 Å². The molecule has 1 saturated heterocycles. The minimum atomic E-state index is 0.000566. The molecule has 3 rings (SSSR count). The number of hydrogen-bond donors (Lipinski definition) is 1. The summed E-state index contributed by atoms with van der Waals surface area (Å²) in [4.78, 5) is 12.2. The highest BCUT2D eigenvalue weighted by atomic mass is 16.5. The summed E-state index contributed by atoms with van der Waals surface area (Å²) < 4.78 is 7.11. The van der Waals surface area contributed by atoms with Gasteiger partial charge in [0.2, 0.25) is 11.9 Å². The van der Waals surface area contributed by atoms with Crippen molar-refractivity contribution in [3.05, 3.63) is 42.2 Å². The first-order valence-corrected chi connectivity index (χ1v) is 7.13. The van der Waals surface area contributed by atoms with Crippen LogP contribution in [0.5, 0.6) is 0 Å². The third-order valence-corrected chi connectivity index (χ3v) is 3.64. The number of ether oxygens (including phenoxy) is 1. The lowest BCUT2D eigenvalue weighted by Gasteiger charge is -2.21. The molecule has 1 aromatic carbocycles. The maximum Gasteiger partial charge on any atom is 0.231 e. The molecule has 1 aromatic heterocycles. The topological polar surface area (TPSA) is 69.0 Å². The van der Waals surface area contributed by atoms with E-state index in [1.807, 2.05) is 34.9 Å². The van der Waals surface area contributed by atoms with Gasteiger partial charge in [-0.15, -0.1) is 10.2 Å². The maximum absolute atomic E-state index is 12.2. The number of amides is 1. The first kappa shape index (κ1) is 13.8. The zero-order valence-corrected chi connectivity index (χ0v) is 11.7. The fraction of sp³-hybridized carbons (Fsp3) is 0.400. The predicted octanol–water partition coefficient (Wildman–Crippen LogP) is 1.69. The second-order valence-electron chi connectivity index (χ2n) is 5.14. The molecule has 21 heavy (non-hydrogen) atoms. The van der Waals surface area contributed by atoms with Gasteiger partial charge in [0.15, 0.2) is 0 Å². The van der Waals surface area contributed by atoms with Gasteiger partial charge in [0.1, 0.15) is 6.33 Å². The Morgan fingerprint density at radius 3 is 2.81 bits per heavy atom. The van der Waals surface area contributed by atoms with Crippen LogP contribution in [0.1, 0.15) is 18.4 Å². The molecular weight excluding hydrogens is 268 g/mol. The molecule has 110 valence electrons. The third kappa shape index (κ3) is 3.46. The lowest BCUT2D eigenvalue weighted by atomic mass is 10.00. The van der Waals surface area contributed by atoms with Crippen molar-refractivity contribution in [3.8, 4) is 0 Å². The molecule has 0 bridgehead atoms. The van der Waals surface area contributed by atoms with Crippen LogP contribution in [-0.4, -0.2) is 33.9 Å². The van der Waals surface area contributed by atoms with Gasteiger partial charge in [-0.25, -0.2) is 0 Å². The van der Waals surface area contributed by atoms with Gasteiger partial charge >= 0.3 is 0 Å². The Balaban J connectivity index is 1.66. The molecule has 6 heteroatoms. The molecule has 1 N–H and O–H groups in total. The van der Waals surface area contributed by atoms with E-state index in [2.05, 4.69) is 15.5 Å². The standard InChI is InChI=1S/C15H18N4O2/c20-14(13-6-8-21-9-7-13)17-15-18-16-11-19(15)10-12-4-2-1-3-5-12/h1-5,11,13H,6-10H2,(H,17,18,20). The number of carbonyl (C=O) groups is 1. The number of aromatic nitrogens is 3. The van der Waals surface area contributed by atoms with E-state index >= 15 is 0 Å². The minimum absolute atomic E-state index is 0.000566. The minimum Gasteiger partial charge on any atom is -0.381 e. The molecule has 0 aliphatic carbocycles.